The molecule has 2 rings (SSSR count). The maximum absolute atomic E-state index is 5.69. The van der Waals surface area contributed by atoms with E-state index in [1.165, 1.54) is 37.8 Å². The van der Waals surface area contributed by atoms with Crippen LogP contribution in [0.5, 0.6) is 0 Å². The van der Waals surface area contributed by atoms with Gasteiger partial charge in [0, 0.05) is 26.2 Å². The maximum atomic E-state index is 5.69. The average Bonchev–Trinajstić information content (AvgIpc) is 2.73. The third-order valence-corrected chi connectivity index (χ3v) is 4.20. The van der Waals surface area contributed by atoms with Crippen molar-refractivity contribution in [3.05, 3.63) is 17.5 Å². The van der Waals surface area contributed by atoms with Crippen LogP contribution in [-0.2, 0) is 13.6 Å². The second-order valence-corrected chi connectivity index (χ2v) is 5.81. The molecule has 2 N–H and O–H groups in total. The van der Waals surface area contributed by atoms with Gasteiger partial charge in [0.2, 0.25) is 0 Å². The highest BCUT2D eigenvalue weighted by Crippen LogP contribution is 2.24. The summed E-state index contributed by atoms with van der Waals surface area (Å²) in [5, 5.41) is 4.45. The van der Waals surface area contributed by atoms with E-state index in [2.05, 4.69) is 23.0 Å². The Morgan fingerprint density at radius 1 is 1.37 bits per heavy atom. The van der Waals surface area contributed by atoms with Crippen molar-refractivity contribution in [1.82, 2.24) is 14.7 Å². The van der Waals surface area contributed by atoms with Crippen molar-refractivity contribution in [3.8, 4) is 0 Å². The van der Waals surface area contributed by atoms with Gasteiger partial charge in [-0.3, -0.25) is 9.58 Å². The Morgan fingerprint density at radius 3 is 2.68 bits per heavy atom. The molecular formula is C15H28N4. The molecule has 1 heterocycles. The van der Waals surface area contributed by atoms with Crippen LogP contribution in [0.4, 0.5) is 0 Å². The molecule has 0 bridgehead atoms. The van der Waals surface area contributed by atoms with Gasteiger partial charge in [0.05, 0.1) is 11.4 Å². The molecule has 0 amide bonds. The lowest BCUT2D eigenvalue weighted by molar-refractivity contribution is 0.144. The Balaban J connectivity index is 2.01. The zero-order valence-electron chi connectivity index (χ0n) is 12.4. The Morgan fingerprint density at radius 2 is 2.11 bits per heavy atom. The van der Waals surface area contributed by atoms with Crippen molar-refractivity contribution in [1.29, 1.82) is 0 Å². The average molecular weight is 264 g/mol. The highest BCUT2D eigenvalue weighted by atomic mass is 15.3. The van der Waals surface area contributed by atoms with Gasteiger partial charge < -0.3 is 5.73 Å². The van der Waals surface area contributed by atoms with Crippen LogP contribution in [0.3, 0.4) is 0 Å². The Hall–Kier alpha value is -0.870. The third-order valence-electron chi connectivity index (χ3n) is 4.20. The van der Waals surface area contributed by atoms with Crippen molar-refractivity contribution in [2.75, 3.05) is 13.1 Å². The molecule has 0 aromatic carbocycles. The normalized spacial score (nSPS) is 17.3. The van der Waals surface area contributed by atoms with Crippen molar-refractivity contribution in [2.24, 2.45) is 12.8 Å². The molecule has 0 atom stereocenters. The fraction of sp³-hybridized carbons (Fsp3) is 0.800. The summed E-state index contributed by atoms with van der Waals surface area (Å²) in [6, 6.07) is 2.95. The molecule has 1 saturated carbocycles. The largest absolute Gasteiger partial charge is 0.330 e. The first-order chi connectivity index (χ1) is 9.20. The Labute approximate surface area is 117 Å². The second kappa shape index (κ2) is 7.06. The second-order valence-electron chi connectivity index (χ2n) is 5.81. The van der Waals surface area contributed by atoms with Gasteiger partial charge >= 0.3 is 0 Å². The zero-order valence-corrected chi connectivity index (χ0v) is 12.4. The van der Waals surface area contributed by atoms with Crippen LogP contribution in [0.25, 0.3) is 0 Å². The highest BCUT2D eigenvalue weighted by molar-refractivity contribution is 5.08. The van der Waals surface area contributed by atoms with Crippen molar-refractivity contribution >= 4 is 0 Å². The van der Waals surface area contributed by atoms with Gasteiger partial charge in [0.15, 0.2) is 0 Å². The van der Waals surface area contributed by atoms with Crippen molar-refractivity contribution < 1.29 is 0 Å². The van der Waals surface area contributed by atoms with Crippen LogP contribution >= 0.6 is 0 Å². The molecule has 0 saturated heterocycles. The van der Waals surface area contributed by atoms with Crippen LogP contribution in [0.15, 0.2) is 6.07 Å². The molecule has 4 nitrogen and oxygen atoms in total. The summed E-state index contributed by atoms with van der Waals surface area (Å²) in [5.41, 5.74) is 8.12. The highest BCUT2D eigenvalue weighted by Gasteiger charge is 2.21. The van der Waals surface area contributed by atoms with Crippen LogP contribution in [0.2, 0.25) is 0 Å². The SMILES string of the molecule is Cc1cc(CN(CCCN)C2CCCCC2)n(C)n1. The summed E-state index contributed by atoms with van der Waals surface area (Å²) < 4.78 is 2.02. The summed E-state index contributed by atoms with van der Waals surface area (Å²) in [4.78, 5) is 2.63. The van der Waals surface area contributed by atoms with E-state index in [0.29, 0.717) is 0 Å². The standard InChI is InChI=1S/C15H28N4/c1-13-11-15(18(2)17-13)12-19(10-6-9-16)14-7-4-3-5-8-14/h11,14H,3-10,12,16H2,1-2H3. The van der Waals surface area contributed by atoms with E-state index in [1.807, 2.05) is 11.7 Å². The van der Waals surface area contributed by atoms with Crippen LogP contribution < -0.4 is 5.73 Å². The van der Waals surface area contributed by atoms with Gasteiger partial charge in [0.1, 0.15) is 0 Å². The van der Waals surface area contributed by atoms with E-state index in [1.54, 1.807) is 0 Å². The molecule has 1 aliphatic carbocycles. The zero-order chi connectivity index (χ0) is 13.7. The van der Waals surface area contributed by atoms with Crippen molar-refractivity contribution in [2.45, 2.75) is 58.0 Å². The van der Waals surface area contributed by atoms with Gasteiger partial charge in [-0.25, -0.2) is 0 Å². The molecule has 1 aliphatic rings. The fourth-order valence-corrected chi connectivity index (χ4v) is 3.15. The van der Waals surface area contributed by atoms with Crippen molar-refractivity contribution in [3.63, 3.8) is 0 Å². The lowest BCUT2D eigenvalue weighted by Crippen LogP contribution is -2.38. The monoisotopic (exact) mass is 264 g/mol. The lowest BCUT2D eigenvalue weighted by Gasteiger charge is -2.34. The van der Waals surface area contributed by atoms with Gasteiger partial charge in [0.25, 0.3) is 0 Å². The first kappa shape index (κ1) is 14.5. The molecule has 1 fully saturated rings. The topological polar surface area (TPSA) is 47.1 Å². The minimum Gasteiger partial charge on any atom is -0.330 e. The fourth-order valence-electron chi connectivity index (χ4n) is 3.15. The molecule has 0 aliphatic heterocycles. The van der Waals surface area contributed by atoms with Crippen LogP contribution in [0, 0.1) is 6.92 Å². The first-order valence-electron chi connectivity index (χ1n) is 7.64. The molecule has 19 heavy (non-hydrogen) atoms. The molecule has 108 valence electrons. The molecule has 4 heteroatoms. The molecule has 1 aromatic rings. The number of nitrogens with two attached hydrogens (primary N) is 1. The van der Waals surface area contributed by atoms with Crippen LogP contribution in [-0.4, -0.2) is 33.8 Å². The van der Waals surface area contributed by atoms with Crippen LogP contribution in [0.1, 0.15) is 49.9 Å². The van der Waals surface area contributed by atoms with E-state index >= 15 is 0 Å². The summed E-state index contributed by atoms with van der Waals surface area (Å²) in [5.74, 6) is 0. The van der Waals surface area contributed by atoms with E-state index in [0.717, 1.165) is 37.8 Å². The van der Waals surface area contributed by atoms with Gasteiger partial charge in [-0.05, 0) is 38.8 Å². The van der Waals surface area contributed by atoms with Gasteiger partial charge in [-0.1, -0.05) is 19.3 Å². The first-order valence-corrected chi connectivity index (χ1v) is 7.64. The van der Waals surface area contributed by atoms with E-state index in [9.17, 15) is 0 Å². The smallest absolute Gasteiger partial charge is 0.0597 e. The predicted molar refractivity (Wildman–Crippen MR) is 78.9 cm³/mol. The minimum absolute atomic E-state index is 0.746. The number of hydrogen-bond donors (Lipinski definition) is 1. The number of rotatable bonds is 6. The summed E-state index contributed by atoms with van der Waals surface area (Å²) in [6.45, 7) is 4.98. The quantitative estimate of drug-likeness (QED) is 0.857. The molecule has 0 unspecified atom stereocenters. The summed E-state index contributed by atoms with van der Waals surface area (Å²) >= 11 is 0. The molecule has 1 aromatic heterocycles. The Kier molecular flexibility index (Phi) is 5.40. The Bertz CT molecular complexity index is 379. The molecule has 0 spiro atoms. The summed E-state index contributed by atoms with van der Waals surface area (Å²) in [6.07, 6.45) is 7.96. The van der Waals surface area contributed by atoms with E-state index in [-0.39, 0.29) is 0 Å². The minimum atomic E-state index is 0.746. The van der Waals surface area contributed by atoms with E-state index < -0.39 is 0 Å². The number of aromatic nitrogens is 2. The lowest BCUT2D eigenvalue weighted by atomic mass is 9.94. The number of nitrogens with zero attached hydrogens (tertiary/aromatic N) is 3. The molecule has 0 radical (unpaired) electrons. The van der Waals surface area contributed by atoms with Gasteiger partial charge in [-0.15, -0.1) is 0 Å². The molecular weight excluding hydrogens is 236 g/mol. The summed E-state index contributed by atoms with van der Waals surface area (Å²) in [7, 11) is 2.05. The number of aryl methyl sites for hydroxylation is 2. The number of hydrogen-bond acceptors (Lipinski definition) is 3. The maximum Gasteiger partial charge on any atom is 0.0597 e. The predicted octanol–water partition coefficient (Wildman–Crippen LogP) is 2.21. The van der Waals surface area contributed by atoms with E-state index in [4.69, 9.17) is 5.73 Å². The third kappa shape index (κ3) is 4.05. The van der Waals surface area contributed by atoms with Gasteiger partial charge in [-0.2, -0.15) is 5.10 Å².